The van der Waals surface area contributed by atoms with Crippen LogP contribution in [0.25, 0.3) is 0 Å². The van der Waals surface area contributed by atoms with Crippen LogP contribution >= 0.6 is 0 Å². The van der Waals surface area contributed by atoms with E-state index in [0.717, 1.165) is 24.3 Å². The zero-order valence-electron chi connectivity index (χ0n) is 14.8. The summed E-state index contributed by atoms with van der Waals surface area (Å²) < 4.78 is 16.0. The molecule has 134 valence electrons. The minimum atomic E-state index is -0.164. The van der Waals surface area contributed by atoms with Crippen LogP contribution in [-0.4, -0.2) is 32.8 Å². The molecular formula is C20H25NO4. The standard InChI is InChI=1S/C20H25NO4/c1-3-4-13-24-19-11-7-17(8-12-19)21-20(22)16-5-9-18(10-6-16)25-15-14-23-2/h5-12H,3-4,13-15H2,1-2H3,(H,21,22). The molecule has 25 heavy (non-hydrogen) atoms. The first kappa shape index (κ1) is 18.8. The zero-order chi connectivity index (χ0) is 17.9. The van der Waals surface area contributed by atoms with Crippen LogP contribution in [0.5, 0.6) is 11.5 Å². The normalized spacial score (nSPS) is 10.3. The van der Waals surface area contributed by atoms with Gasteiger partial charge in [0.1, 0.15) is 18.1 Å². The predicted molar refractivity (Wildman–Crippen MR) is 98.6 cm³/mol. The molecule has 0 unspecified atom stereocenters. The summed E-state index contributed by atoms with van der Waals surface area (Å²) in [5.74, 6) is 1.36. The SMILES string of the molecule is CCCCOc1ccc(NC(=O)c2ccc(OCCOC)cc2)cc1. The molecule has 1 N–H and O–H groups in total. The molecule has 0 fully saturated rings. The maximum atomic E-state index is 12.3. The second-order valence-corrected chi connectivity index (χ2v) is 5.55. The molecule has 0 saturated carbocycles. The van der Waals surface area contributed by atoms with Gasteiger partial charge in [-0.2, -0.15) is 0 Å². The second kappa shape index (κ2) is 10.4. The summed E-state index contributed by atoms with van der Waals surface area (Å²) in [6, 6.07) is 14.4. The molecule has 2 aromatic carbocycles. The number of nitrogens with one attached hydrogen (secondary N) is 1. The van der Waals surface area contributed by atoms with Crippen LogP contribution < -0.4 is 14.8 Å². The van der Waals surface area contributed by atoms with Crippen LogP contribution in [0.4, 0.5) is 5.69 Å². The van der Waals surface area contributed by atoms with E-state index in [-0.39, 0.29) is 5.91 Å². The third-order valence-corrected chi connectivity index (χ3v) is 3.55. The molecule has 0 heterocycles. The van der Waals surface area contributed by atoms with Crippen molar-refractivity contribution >= 4 is 11.6 Å². The summed E-state index contributed by atoms with van der Waals surface area (Å²) >= 11 is 0. The Labute approximate surface area is 148 Å². The Hall–Kier alpha value is -2.53. The van der Waals surface area contributed by atoms with Gasteiger partial charge in [0.05, 0.1) is 13.2 Å². The van der Waals surface area contributed by atoms with Gasteiger partial charge in [0.25, 0.3) is 5.91 Å². The third-order valence-electron chi connectivity index (χ3n) is 3.55. The van der Waals surface area contributed by atoms with Crippen molar-refractivity contribution in [1.29, 1.82) is 0 Å². The summed E-state index contributed by atoms with van der Waals surface area (Å²) in [5, 5.41) is 2.87. The summed E-state index contributed by atoms with van der Waals surface area (Å²) in [5.41, 5.74) is 1.30. The number of unbranched alkanes of at least 4 members (excludes halogenated alkanes) is 1. The van der Waals surface area contributed by atoms with Crippen LogP contribution in [0.2, 0.25) is 0 Å². The summed E-state index contributed by atoms with van der Waals surface area (Å²) in [4.78, 5) is 12.3. The number of ether oxygens (including phenoxy) is 3. The van der Waals surface area contributed by atoms with Gasteiger partial charge >= 0.3 is 0 Å². The molecule has 0 saturated heterocycles. The Morgan fingerprint density at radius 1 is 0.880 bits per heavy atom. The van der Waals surface area contributed by atoms with Gasteiger partial charge in [-0.15, -0.1) is 0 Å². The fraction of sp³-hybridized carbons (Fsp3) is 0.350. The van der Waals surface area contributed by atoms with E-state index in [1.165, 1.54) is 0 Å². The van der Waals surface area contributed by atoms with Crippen LogP contribution in [0.15, 0.2) is 48.5 Å². The largest absolute Gasteiger partial charge is 0.494 e. The number of hydrogen-bond donors (Lipinski definition) is 1. The quantitative estimate of drug-likeness (QED) is 0.659. The van der Waals surface area contributed by atoms with E-state index in [2.05, 4.69) is 12.2 Å². The molecule has 0 radical (unpaired) electrons. The Balaban J connectivity index is 1.86. The Morgan fingerprint density at radius 2 is 1.48 bits per heavy atom. The molecule has 0 aliphatic heterocycles. The van der Waals surface area contributed by atoms with Crippen molar-refractivity contribution in [2.45, 2.75) is 19.8 Å². The van der Waals surface area contributed by atoms with Gasteiger partial charge < -0.3 is 19.5 Å². The number of rotatable bonds is 10. The highest BCUT2D eigenvalue weighted by Crippen LogP contribution is 2.18. The number of carbonyl (C=O) groups is 1. The first-order valence-electron chi connectivity index (χ1n) is 8.49. The van der Waals surface area contributed by atoms with Crippen molar-refractivity contribution in [2.24, 2.45) is 0 Å². The van der Waals surface area contributed by atoms with Crippen molar-refractivity contribution in [2.75, 3.05) is 32.2 Å². The second-order valence-electron chi connectivity index (χ2n) is 5.55. The molecule has 2 rings (SSSR count). The highest BCUT2D eigenvalue weighted by Gasteiger charge is 2.06. The average molecular weight is 343 g/mol. The van der Waals surface area contributed by atoms with E-state index in [9.17, 15) is 4.79 Å². The summed E-state index contributed by atoms with van der Waals surface area (Å²) in [6.07, 6.45) is 2.13. The van der Waals surface area contributed by atoms with Gasteiger partial charge in [0.15, 0.2) is 0 Å². The lowest BCUT2D eigenvalue weighted by Gasteiger charge is -2.09. The van der Waals surface area contributed by atoms with Gasteiger partial charge in [-0.3, -0.25) is 4.79 Å². The topological polar surface area (TPSA) is 56.8 Å². The van der Waals surface area contributed by atoms with Gasteiger partial charge in [-0.05, 0) is 55.0 Å². The Bertz CT molecular complexity index is 638. The fourth-order valence-corrected chi connectivity index (χ4v) is 2.12. The van der Waals surface area contributed by atoms with E-state index < -0.39 is 0 Å². The minimum absolute atomic E-state index is 0.164. The lowest BCUT2D eigenvalue weighted by Crippen LogP contribution is -2.12. The van der Waals surface area contributed by atoms with Gasteiger partial charge in [0, 0.05) is 18.4 Å². The van der Waals surface area contributed by atoms with Crippen molar-refractivity contribution in [3.8, 4) is 11.5 Å². The molecule has 0 spiro atoms. The van der Waals surface area contributed by atoms with E-state index >= 15 is 0 Å². The molecule has 0 aromatic heterocycles. The summed E-state index contributed by atoms with van der Waals surface area (Å²) in [6.45, 7) is 3.84. The highest BCUT2D eigenvalue weighted by molar-refractivity contribution is 6.04. The number of amides is 1. The molecule has 1 amide bonds. The van der Waals surface area contributed by atoms with Crippen molar-refractivity contribution in [1.82, 2.24) is 0 Å². The van der Waals surface area contributed by atoms with Gasteiger partial charge in [-0.1, -0.05) is 13.3 Å². The van der Waals surface area contributed by atoms with E-state index in [0.29, 0.717) is 31.1 Å². The molecule has 0 atom stereocenters. The van der Waals surface area contributed by atoms with E-state index in [1.54, 1.807) is 31.4 Å². The molecular weight excluding hydrogens is 318 g/mol. The van der Waals surface area contributed by atoms with Crippen LogP contribution in [0.1, 0.15) is 30.1 Å². The fourth-order valence-electron chi connectivity index (χ4n) is 2.12. The summed E-state index contributed by atoms with van der Waals surface area (Å²) in [7, 11) is 1.63. The predicted octanol–water partition coefficient (Wildman–Crippen LogP) is 4.14. The number of carbonyl (C=O) groups excluding carboxylic acids is 1. The van der Waals surface area contributed by atoms with Gasteiger partial charge in [-0.25, -0.2) is 0 Å². The molecule has 5 nitrogen and oxygen atoms in total. The smallest absolute Gasteiger partial charge is 0.255 e. The first-order chi connectivity index (χ1) is 12.2. The van der Waals surface area contributed by atoms with Crippen LogP contribution in [-0.2, 0) is 4.74 Å². The maximum absolute atomic E-state index is 12.3. The molecule has 0 aliphatic rings. The lowest BCUT2D eigenvalue weighted by molar-refractivity contribution is 0.102. The number of anilines is 1. The number of hydrogen-bond acceptors (Lipinski definition) is 4. The molecule has 2 aromatic rings. The van der Waals surface area contributed by atoms with E-state index in [1.807, 2.05) is 24.3 Å². The number of benzene rings is 2. The highest BCUT2D eigenvalue weighted by atomic mass is 16.5. The lowest BCUT2D eigenvalue weighted by atomic mass is 10.2. The van der Waals surface area contributed by atoms with E-state index in [4.69, 9.17) is 14.2 Å². The number of methoxy groups -OCH3 is 1. The van der Waals surface area contributed by atoms with Crippen LogP contribution in [0.3, 0.4) is 0 Å². The minimum Gasteiger partial charge on any atom is -0.494 e. The zero-order valence-corrected chi connectivity index (χ0v) is 14.8. The Kier molecular flexibility index (Phi) is 7.79. The van der Waals surface area contributed by atoms with Crippen molar-refractivity contribution in [3.05, 3.63) is 54.1 Å². The molecule has 0 aliphatic carbocycles. The average Bonchev–Trinajstić information content (AvgIpc) is 2.64. The molecule has 0 bridgehead atoms. The maximum Gasteiger partial charge on any atom is 0.255 e. The monoisotopic (exact) mass is 343 g/mol. The first-order valence-corrected chi connectivity index (χ1v) is 8.49. The third kappa shape index (κ3) is 6.47. The van der Waals surface area contributed by atoms with Crippen molar-refractivity contribution < 1.29 is 19.0 Å². The van der Waals surface area contributed by atoms with Crippen molar-refractivity contribution in [3.63, 3.8) is 0 Å². The Morgan fingerprint density at radius 3 is 2.08 bits per heavy atom. The molecule has 5 heteroatoms. The van der Waals surface area contributed by atoms with Crippen LogP contribution in [0, 0.1) is 0 Å². The van der Waals surface area contributed by atoms with Gasteiger partial charge in [0.2, 0.25) is 0 Å².